The molecule has 0 aromatic heterocycles. The van der Waals surface area contributed by atoms with Gasteiger partial charge < -0.3 is 10.6 Å². The zero-order valence-electron chi connectivity index (χ0n) is 8.78. The Bertz CT molecular complexity index is 438. The summed E-state index contributed by atoms with van der Waals surface area (Å²) >= 11 is 3.36. The molecule has 86 valence electrons. The van der Waals surface area contributed by atoms with Gasteiger partial charge in [-0.1, -0.05) is 15.9 Å². The summed E-state index contributed by atoms with van der Waals surface area (Å²) in [5.74, 6) is -0.327. The molecule has 2 atom stereocenters. The van der Waals surface area contributed by atoms with Crippen molar-refractivity contribution in [1.82, 2.24) is 4.90 Å². The Labute approximate surface area is 102 Å². The van der Waals surface area contributed by atoms with E-state index in [1.807, 2.05) is 0 Å². The normalized spacial score (nSPS) is 25.2. The van der Waals surface area contributed by atoms with E-state index >= 15 is 0 Å². The van der Waals surface area contributed by atoms with Crippen molar-refractivity contribution in [2.75, 3.05) is 7.05 Å². The molecule has 5 heteroatoms. The van der Waals surface area contributed by atoms with E-state index in [4.69, 9.17) is 5.73 Å². The van der Waals surface area contributed by atoms with Crippen LogP contribution in [0.5, 0.6) is 0 Å². The van der Waals surface area contributed by atoms with Gasteiger partial charge in [0, 0.05) is 24.0 Å². The van der Waals surface area contributed by atoms with Gasteiger partial charge in [0.05, 0.1) is 6.04 Å². The van der Waals surface area contributed by atoms with Gasteiger partial charge in [-0.15, -0.1) is 0 Å². The van der Waals surface area contributed by atoms with Gasteiger partial charge in [0.2, 0.25) is 5.91 Å². The molecule has 2 unspecified atom stereocenters. The van der Waals surface area contributed by atoms with Crippen LogP contribution in [-0.2, 0) is 4.79 Å². The molecule has 1 aliphatic heterocycles. The number of nitrogens with two attached hydrogens (primary N) is 1. The maximum atomic E-state index is 13.2. The molecular formula is C11H12BrFN2O. The fourth-order valence-corrected chi connectivity index (χ4v) is 2.56. The predicted octanol–water partition coefficient (Wildman–Crippen LogP) is 1.82. The van der Waals surface area contributed by atoms with Crippen LogP contribution in [0.2, 0.25) is 0 Å². The van der Waals surface area contributed by atoms with E-state index in [1.54, 1.807) is 18.0 Å². The van der Waals surface area contributed by atoms with Gasteiger partial charge in [0.25, 0.3) is 0 Å². The Balaban J connectivity index is 2.43. The maximum Gasteiger partial charge on any atom is 0.224 e. The van der Waals surface area contributed by atoms with Crippen LogP contribution in [0.15, 0.2) is 22.7 Å². The van der Waals surface area contributed by atoms with Gasteiger partial charge in [0.1, 0.15) is 5.82 Å². The molecule has 0 saturated carbocycles. The van der Waals surface area contributed by atoms with Gasteiger partial charge in [-0.2, -0.15) is 0 Å². The lowest BCUT2D eigenvalue weighted by Gasteiger charge is -2.24. The van der Waals surface area contributed by atoms with Gasteiger partial charge in [-0.3, -0.25) is 4.79 Å². The van der Waals surface area contributed by atoms with Gasteiger partial charge in [-0.25, -0.2) is 4.39 Å². The highest BCUT2D eigenvalue weighted by molar-refractivity contribution is 9.10. The third kappa shape index (κ3) is 1.85. The van der Waals surface area contributed by atoms with Crippen LogP contribution < -0.4 is 5.73 Å². The van der Waals surface area contributed by atoms with Gasteiger partial charge in [0.15, 0.2) is 0 Å². The molecule has 2 rings (SSSR count). The number of likely N-dealkylation sites (N-methyl/N-ethyl adjacent to an activating group) is 1. The van der Waals surface area contributed by atoms with Crippen molar-refractivity contribution in [2.45, 2.75) is 18.5 Å². The second kappa shape index (κ2) is 4.14. The molecule has 1 heterocycles. The monoisotopic (exact) mass is 286 g/mol. The largest absolute Gasteiger partial charge is 0.337 e. The molecule has 1 fully saturated rings. The van der Waals surface area contributed by atoms with Crippen LogP contribution in [0.4, 0.5) is 4.39 Å². The van der Waals surface area contributed by atoms with E-state index in [1.165, 1.54) is 12.1 Å². The lowest BCUT2D eigenvalue weighted by molar-refractivity contribution is -0.127. The summed E-state index contributed by atoms with van der Waals surface area (Å²) in [6, 6.07) is 3.89. The number of halogens is 2. The Morgan fingerprint density at radius 2 is 2.25 bits per heavy atom. The Morgan fingerprint density at radius 3 is 2.81 bits per heavy atom. The topological polar surface area (TPSA) is 46.3 Å². The summed E-state index contributed by atoms with van der Waals surface area (Å²) in [7, 11) is 1.69. The number of carbonyl (C=O) groups excluding carboxylic acids is 1. The minimum absolute atomic E-state index is 0.00587. The smallest absolute Gasteiger partial charge is 0.224 e. The van der Waals surface area contributed by atoms with Crippen molar-refractivity contribution < 1.29 is 9.18 Å². The third-order valence-corrected chi connectivity index (χ3v) is 3.63. The first kappa shape index (κ1) is 11.5. The first-order chi connectivity index (χ1) is 7.50. The van der Waals surface area contributed by atoms with Crippen LogP contribution in [0, 0.1) is 5.82 Å². The molecule has 1 aliphatic rings. The SMILES string of the molecule is CN1C(=O)CC(N)C1c1cc(F)ccc1Br. The number of carbonyl (C=O) groups is 1. The zero-order valence-corrected chi connectivity index (χ0v) is 10.4. The summed E-state index contributed by atoms with van der Waals surface area (Å²) < 4.78 is 14.0. The van der Waals surface area contributed by atoms with Crippen LogP contribution in [0.25, 0.3) is 0 Å². The maximum absolute atomic E-state index is 13.2. The molecule has 0 spiro atoms. The van der Waals surface area contributed by atoms with Crippen LogP contribution in [0.1, 0.15) is 18.0 Å². The van der Waals surface area contributed by atoms with E-state index in [0.29, 0.717) is 6.42 Å². The average molecular weight is 287 g/mol. The van der Waals surface area contributed by atoms with Crippen molar-refractivity contribution in [1.29, 1.82) is 0 Å². The summed E-state index contributed by atoms with van der Waals surface area (Å²) in [4.78, 5) is 13.1. The van der Waals surface area contributed by atoms with Crippen molar-refractivity contribution >= 4 is 21.8 Å². The molecule has 0 radical (unpaired) electrons. The number of hydrogen-bond donors (Lipinski definition) is 1. The quantitative estimate of drug-likeness (QED) is 0.856. The molecule has 1 saturated heterocycles. The van der Waals surface area contributed by atoms with Crippen molar-refractivity contribution in [2.24, 2.45) is 5.73 Å². The van der Waals surface area contributed by atoms with Gasteiger partial charge in [-0.05, 0) is 23.8 Å². The Kier molecular flexibility index (Phi) is 2.99. The molecule has 1 aromatic carbocycles. The number of hydrogen-bond acceptors (Lipinski definition) is 2. The lowest BCUT2D eigenvalue weighted by Crippen LogP contribution is -2.30. The number of nitrogens with zero attached hydrogens (tertiary/aromatic N) is 1. The van der Waals surface area contributed by atoms with Crippen LogP contribution in [-0.4, -0.2) is 23.9 Å². The molecule has 16 heavy (non-hydrogen) atoms. The van der Waals surface area contributed by atoms with Crippen molar-refractivity contribution in [3.8, 4) is 0 Å². The number of rotatable bonds is 1. The minimum atomic E-state index is -0.321. The molecule has 0 bridgehead atoms. The number of likely N-dealkylation sites (tertiary alicyclic amines) is 1. The lowest BCUT2D eigenvalue weighted by atomic mass is 10.0. The van der Waals surface area contributed by atoms with Crippen LogP contribution >= 0.6 is 15.9 Å². The first-order valence-corrected chi connectivity index (χ1v) is 5.76. The first-order valence-electron chi connectivity index (χ1n) is 4.97. The van der Waals surface area contributed by atoms with Gasteiger partial charge >= 0.3 is 0 Å². The second-order valence-corrected chi connectivity index (χ2v) is 4.84. The highest BCUT2D eigenvalue weighted by Gasteiger charge is 2.37. The molecule has 1 amide bonds. The fraction of sp³-hybridized carbons (Fsp3) is 0.364. The fourth-order valence-electron chi connectivity index (χ4n) is 2.08. The standard InChI is InChI=1S/C11H12BrFN2O/c1-15-10(16)5-9(14)11(15)7-4-6(13)2-3-8(7)12/h2-4,9,11H,5,14H2,1H3. The molecule has 2 N–H and O–H groups in total. The highest BCUT2D eigenvalue weighted by atomic mass is 79.9. The summed E-state index contributed by atoms with van der Waals surface area (Å²) in [6.45, 7) is 0. The Hall–Kier alpha value is -0.940. The number of amides is 1. The second-order valence-electron chi connectivity index (χ2n) is 3.98. The molecule has 3 nitrogen and oxygen atoms in total. The molecule has 0 aliphatic carbocycles. The summed E-state index contributed by atoms with van der Waals surface area (Å²) in [5, 5.41) is 0. The predicted molar refractivity (Wildman–Crippen MR) is 62.2 cm³/mol. The van der Waals surface area contributed by atoms with E-state index in [2.05, 4.69) is 15.9 Å². The number of benzene rings is 1. The summed E-state index contributed by atoms with van der Waals surface area (Å²) in [6.07, 6.45) is 0.310. The van der Waals surface area contributed by atoms with E-state index in [-0.39, 0.29) is 23.8 Å². The Morgan fingerprint density at radius 1 is 1.56 bits per heavy atom. The van der Waals surface area contributed by atoms with Crippen LogP contribution in [0.3, 0.4) is 0 Å². The van der Waals surface area contributed by atoms with E-state index < -0.39 is 0 Å². The molecule has 1 aromatic rings. The molecular weight excluding hydrogens is 275 g/mol. The average Bonchev–Trinajstić information content (AvgIpc) is 2.46. The van der Waals surface area contributed by atoms with Crippen molar-refractivity contribution in [3.05, 3.63) is 34.1 Å². The zero-order chi connectivity index (χ0) is 11.9. The van der Waals surface area contributed by atoms with E-state index in [0.717, 1.165) is 10.0 Å². The minimum Gasteiger partial charge on any atom is -0.337 e. The van der Waals surface area contributed by atoms with E-state index in [9.17, 15) is 9.18 Å². The summed E-state index contributed by atoms with van der Waals surface area (Å²) in [5.41, 5.74) is 6.63. The third-order valence-electron chi connectivity index (χ3n) is 2.90. The van der Waals surface area contributed by atoms with Crippen molar-refractivity contribution in [3.63, 3.8) is 0 Å². The highest BCUT2D eigenvalue weighted by Crippen LogP contribution is 2.35.